The minimum absolute atomic E-state index is 0.0367. The summed E-state index contributed by atoms with van der Waals surface area (Å²) < 4.78 is 13.1. The monoisotopic (exact) mass is 404 g/mol. The van der Waals surface area contributed by atoms with Crippen molar-refractivity contribution in [1.29, 1.82) is 0 Å². The molecule has 154 valence electrons. The average molecular weight is 404 g/mol. The van der Waals surface area contributed by atoms with Gasteiger partial charge in [0, 0.05) is 36.7 Å². The highest BCUT2D eigenvalue weighted by atomic mass is 19.1. The molecule has 2 heterocycles. The van der Waals surface area contributed by atoms with Gasteiger partial charge < -0.3 is 10.2 Å². The third-order valence-electron chi connectivity index (χ3n) is 5.53. The summed E-state index contributed by atoms with van der Waals surface area (Å²) >= 11 is 0. The van der Waals surface area contributed by atoms with E-state index in [1.54, 1.807) is 24.5 Å². The summed E-state index contributed by atoms with van der Waals surface area (Å²) in [6.45, 7) is 5.46. The third-order valence-corrected chi connectivity index (χ3v) is 5.53. The van der Waals surface area contributed by atoms with Crippen LogP contribution in [0.3, 0.4) is 0 Å². The quantitative estimate of drug-likeness (QED) is 0.681. The number of piperidine rings is 1. The lowest BCUT2D eigenvalue weighted by atomic mass is 9.97. The van der Waals surface area contributed by atoms with Gasteiger partial charge in [-0.2, -0.15) is 0 Å². The first-order valence-corrected chi connectivity index (χ1v) is 10.2. The fourth-order valence-corrected chi connectivity index (χ4v) is 3.84. The average Bonchev–Trinajstić information content (AvgIpc) is 2.76. The Morgan fingerprint density at radius 3 is 2.50 bits per heavy atom. The van der Waals surface area contributed by atoms with Crippen LogP contribution in [-0.4, -0.2) is 29.0 Å². The van der Waals surface area contributed by atoms with Crippen molar-refractivity contribution in [3.05, 3.63) is 71.8 Å². The lowest BCUT2D eigenvalue weighted by Crippen LogP contribution is -2.41. The van der Waals surface area contributed by atoms with Crippen molar-refractivity contribution in [2.24, 2.45) is 5.92 Å². The molecule has 1 aliphatic heterocycles. The van der Waals surface area contributed by atoms with Gasteiger partial charge in [0.05, 0.1) is 5.92 Å². The van der Waals surface area contributed by atoms with Gasteiger partial charge in [-0.25, -0.2) is 14.4 Å². The Bertz CT molecular complexity index is 1030. The number of amides is 1. The van der Waals surface area contributed by atoms with Crippen molar-refractivity contribution in [3.8, 4) is 11.1 Å². The van der Waals surface area contributed by atoms with E-state index in [0.717, 1.165) is 41.8 Å². The molecule has 30 heavy (non-hydrogen) atoms. The predicted molar refractivity (Wildman–Crippen MR) is 117 cm³/mol. The van der Waals surface area contributed by atoms with E-state index < -0.39 is 0 Å². The Morgan fingerprint density at radius 2 is 1.80 bits per heavy atom. The molecular formula is C24H25FN4O. The lowest BCUT2D eigenvalue weighted by Gasteiger charge is -2.32. The van der Waals surface area contributed by atoms with E-state index in [0.29, 0.717) is 12.5 Å². The van der Waals surface area contributed by atoms with Crippen molar-refractivity contribution in [2.75, 3.05) is 23.3 Å². The molecule has 4 rings (SSSR count). The number of carbonyl (C=O) groups is 1. The predicted octanol–water partition coefficient (Wildman–Crippen LogP) is 4.75. The molecule has 1 saturated heterocycles. The van der Waals surface area contributed by atoms with Gasteiger partial charge in [-0.05, 0) is 56.0 Å². The molecule has 1 fully saturated rings. The maximum Gasteiger partial charge on any atom is 0.229 e. The van der Waals surface area contributed by atoms with Gasteiger partial charge in [-0.3, -0.25) is 4.79 Å². The van der Waals surface area contributed by atoms with E-state index in [9.17, 15) is 9.18 Å². The summed E-state index contributed by atoms with van der Waals surface area (Å²) in [5.74, 6) is 0.272. The molecular weight excluding hydrogens is 379 g/mol. The van der Waals surface area contributed by atoms with Crippen LogP contribution in [0.2, 0.25) is 0 Å². The van der Waals surface area contributed by atoms with Gasteiger partial charge in [0.15, 0.2) is 0 Å². The highest BCUT2D eigenvalue weighted by Gasteiger charge is 2.27. The fourth-order valence-electron chi connectivity index (χ4n) is 3.84. The number of nitrogens with zero attached hydrogens (tertiary/aromatic N) is 3. The number of hydrogen-bond acceptors (Lipinski definition) is 4. The molecule has 1 amide bonds. The van der Waals surface area contributed by atoms with Crippen LogP contribution in [0.15, 0.2) is 54.9 Å². The fraction of sp³-hybridized carbons (Fsp3) is 0.292. The van der Waals surface area contributed by atoms with Crippen molar-refractivity contribution in [2.45, 2.75) is 26.7 Å². The number of aryl methyl sites for hydroxylation is 2. The van der Waals surface area contributed by atoms with Gasteiger partial charge >= 0.3 is 0 Å². The first-order chi connectivity index (χ1) is 14.5. The maximum absolute atomic E-state index is 13.1. The largest absolute Gasteiger partial charge is 0.340 e. The zero-order chi connectivity index (χ0) is 21.1. The van der Waals surface area contributed by atoms with Crippen LogP contribution < -0.4 is 10.2 Å². The third kappa shape index (κ3) is 4.48. The summed E-state index contributed by atoms with van der Waals surface area (Å²) in [7, 11) is 0. The van der Waals surface area contributed by atoms with E-state index in [4.69, 9.17) is 0 Å². The highest BCUT2D eigenvalue weighted by Crippen LogP contribution is 2.25. The van der Waals surface area contributed by atoms with Gasteiger partial charge in [-0.15, -0.1) is 0 Å². The first kappa shape index (κ1) is 20.0. The van der Waals surface area contributed by atoms with Crippen LogP contribution >= 0.6 is 0 Å². The number of nitrogens with one attached hydrogen (secondary N) is 1. The van der Waals surface area contributed by atoms with E-state index in [1.807, 2.05) is 26.0 Å². The van der Waals surface area contributed by atoms with E-state index in [1.165, 1.54) is 17.7 Å². The molecule has 1 aliphatic rings. The minimum atomic E-state index is -0.269. The SMILES string of the molecule is Cc1ccc(NC(=O)[C@@H]2CCCN(c3ncc(-c4ccc(F)cc4)cn3)C2)c(C)c1. The highest BCUT2D eigenvalue weighted by molar-refractivity contribution is 5.93. The Hall–Kier alpha value is -3.28. The van der Waals surface area contributed by atoms with Gasteiger partial charge in [0.1, 0.15) is 5.82 Å². The molecule has 2 aromatic carbocycles. The van der Waals surface area contributed by atoms with Crippen LogP contribution in [0.25, 0.3) is 11.1 Å². The second-order valence-electron chi connectivity index (χ2n) is 7.87. The second kappa shape index (κ2) is 8.61. The molecule has 0 unspecified atom stereocenters. The van der Waals surface area contributed by atoms with Crippen molar-refractivity contribution in [1.82, 2.24) is 9.97 Å². The topological polar surface area (TPSA) is 58.1 Å². The minimum Gasteiger partial charge on any atom is -0.340 e. The van der Waals surface area contributed by atoms with E-state index >= 15 is 0 Å². The van der Waals surface area contributed by atoms with Crippen molar-refractivity contribution >= 4 is 17.5 Å². The Morgan fingerprint density at radius 1 is 1.07 bits per heavy atom. The molecule has 0 radical (unpaired) electrons. The van der Waals surface area contributed by atoms with Crippen LogP contribution in [0, 0.1) is 25.6 Å². The Balaban J connectivity index is 1.43. The van der Waals surface area contributed by atoms with Crippen molar-refractivity contribution in [3.63, 3.8) is 0 Å². The maximum atomic E-state index is 13.1. The van der Waals surface area contributed by atoms with Crippen LogP contribution in [0.5, 0.6) is 0 Å². The Kier molecular flexibility index (Phi) is 5.74. The van der Waals surface area contributed by atoms with Crippen molar-refractivity contribution < 1.29 is 9.18 Å². The molecule has 0 saturated carbocycles. The van der Waals surface area contributed by atoms with Gasteiger partial charge in [0.25, 0.3) is 0 Å². The van der Waals surface area contributed by atoms with Crippen LogP contribution in [0.4, 0.5) is 16.0 Å². The summed E-state index contributed by atoms with van der Waals surface area (Å²) in [6.07, 6.45) is 5.25. The number of rotatable bonds is 4. The molecule has 1 aromatic heterocycles. The summed E-state index contributed by atoms with van der Waals surface area (Å²) in [5, 5.41) is 3.08. The molecule has 6 heteroatoms. The van der Waals surface area contributed by atoms with E-state index in [-0.39, 0.29) is 17.6 Å². The molecule has 0 spiro atoms. The normalized spacial score (nSPS) is 16.4. The standard InChI is InChI=1S/C24H25FN4O/c1-16-5-10-22(17(2)12-16)28-23(30)19-4-3-11-29(15-19)24-26-13-20(14-27-24)18-6-8-21(25)9-7-18/h5-10,12-14,19H,3-4,11,15H2,1-2H3,(H,28,30)/t19-/m1/s1. The number of benzene rings is 2. The van der Waals surface area contributed by atoms with Crippen LogP contribution in [0.1, 0.15) is 24.0 Å². The zero-order valence-electron chi connectivity index (χ0n) is 17.2. The van der Waals surface area contributed by atoms with Gasteiger partial charge in [-0.1, -0.05) is 29.8 Å². The Labute approximate surface area is 176 Å². The molecule has 0 aliphatic carbocycles. The summed E-state index contributed by atoms with van der Waals surface area (Å²) in [5.41, 5.74) is 4.81. The van der Waals surface area contributed by atoms with Gasteiger partial charge in [0.2, 0.25) is 11.9 Å². The molecule has 0 bridgehead atoms. The number of carbonyl (C=O) groups excluding carboxylic acids is 1. The zero-order valence-corrected chi connectivity index (χ0v) is 17.2. The number of halogens is 1. The van der Waals surface area contributed by atoms with E-state index in [2.05, 4.69) is 26.3 Å². The molecule has 3 aromatic rings. The number of aromatic nitrogens is 2. The molecule has 1 atom stereocenters. The lowest BCUT2D eigenvalue weighted by molar-refractivity contribution is -0.120. The summed E-state index contributed by atoms with van der Waals surface area (Å²) in [4.78, 5) is 23.9. The number of hydrogen-bond donors (Lipinski definition) is 1. The molecule has 1 N–H and O–H groups in total. The first-order valence-electron chi connectivity index (χ1n) is 10.2. The van der Waals surface area contributed by atoms with Crippen LogP contribution in [-0.2, 0) is 4.79 Å². The molecule has 5 nitrogen and oxygen atoms in total. The smallest absolute Gasteiger partial charge is 0.229 e. The second-order valence-corrected chi connectivity index (χ2v) is 7.87. The number of anilines is 2. The summed E-state index contributed by atoms with van der Waals surface area (Å²) in [6, 6.07) is 12.3.